The van der Waals surface area contributed by atoms with Crippen LogP contribution in [0.1, 0.15) is 70.8 Å². The summed E-state index contributed by atoms with van der Waals surface area (Å²) in [7, 11) is 3.07. The lowest BCUT2D eigenvalue weighted by Crippen LogP contribution is -2.31. The molecule has 1 atom stereocenters. The summed E-state index contributed by atoms with van der Waals surface area (Å²) in [6.45, 7) is 0. The summed E-state index contributed by atoms with van der Waals surface area (Å²) in [4.78, 5) is 21.7. The third kappa shape index (κ3) is 5.57. The fraction of sp³-hybridized carbons (Fsp3) is 0.333. The highest BCUT2D eigenvalue weighted by atomic mass is 16.5. The quantitative estimate of drug-likeness (QED) is 0.313. The molecule has 1 aliphatic carbocycles. The number of hydrogen-bond acceptors (Lipinski definition) is 9. The van der Waals surface area contributed by atoms with Crippen LogP contribution in [-0.4, -0.2) is 41.2 Å². The van der Waals surface area contributed by atoms with Crippen LogP contribution in [0.4, 0.5) is 11.8 Å². The number of rotatable bonds is 8. The third-order valence-corrected chi connectivity index (χ3v) is 7.52. The number of carbonyl (C=O) groups is 1. The number of allylic oxidation sites excluding steroid dienone is 1. The van der Waals surface area contributed by atoms with Gasteiger partial charge >= 0.3 is 0 Å². The van der Waals surface area contributed by atoms with Crippen LogP contribution in [0.5, 0.6) is 11.5 Å². The van der Waals surface area contributed by atoms with E-state index in [2.05, 4.69) is 28.2 Å². The molecule has 9 nitrogen and oxygen atoms in total. The van der Waals surface area contributed by atoms with Gasteiger partial charge < -0.3 is 20.9 Å². The van der Waals surface area contributed by atoms with Crippen molar-refractivity contribution in [3.05, 3.63) is 82.7 Å². The van der Waals surface area contributed by atoms with E-state index >= 15 is 0 Å². The largest absolute Gasteiger partial charge is 0.493 e. The third-order valence-electron chi connectivity index (χ3n) is 7.52. The van der Waals surface area contributed by atoms with Gasteiger partial charge in [-0.25, -0.2) is 4.98 Å². The zero-order valence-corrected chi connectivity index (χ0v) is 22.3. The van der Waals surface area contributed by atoms with Crippen molar-refractivity contribution in [1.29, 1.82) is 0 Å². The second-order valence-electron chi connectivity index (χ2n) is 9.97. The van der Waals surface area contributed by atoms with E-state index in [1.165, 1.54) is 31.9 Å². The van der Waals surface area contributed by atoms with Gasteiger partial charge in [-0.15, -0.1) is 0 Å². The number of aromatic nitrogens is 2. The summed E-state index contributed by atoms with van der Waals surface area (Å²) in [5, 5.41) is 6.68. The number of nitrogen functional groups attached to an aromatic ring is 2. The minimum Gasteiger partial charge on any atom is -0.493 e. The lowest BCUT2D eigenvalue weighted by Gasteiger charge is -2.38. The Labute approximate surface area is 228 Å². The molecule has 0 spiro atoms. The average Bonchev–Trinajstić information content (AvgIpc) is 2.96. The number of hydrogen-bond donors (Lipinski definition) is 2. The summed E-state index contributed by atoms with van der Waals surface area (Å²) in [5.41, 5.74) is 16.0. The van der Waals surface area contributed by atoms with Gasteiger partial charge in [0.2, 0.25) is 5.95 Å². The van der Waals surface area contributed by atoms with Crippen molar-refractivity contribution < 1.29 is 14.3 Å². The van der Waals surface area contributed by atoms with Crippen molar-refractivity contribution in [1.82, 2.24) is 15.0 Å². The van der Waals surface area contributed by atoms with Crippen molar-refractivity contribution in [2.45, 2.75) is 44.6 Å². The lowest BCUT2D eigenvalue weighted by molar-refractivity contribution is 0.103. The number of fused-ring (bicyclic) bond motifs is 1. The fourth-order valence-corrected chi connectivity index (χ4v) is 5.62. The van der Waals surface area contributed by atoms with Crippen LogP contribution < -0.4 is 20.9 Å². The number of hydrazone groups is 1. The standard InChI is InChI=1S/C30H34N6O3/c1-38-26-16-19(14-22-17-33-30(32)35-29(22)31)15-24(28(26)39-2)25(37)12-13-36-27(20-8-4-3-5-9-20)23-11-7-6-10-21(23)18-34-36/h6-7,10-13,15-18,20,27H,3-5,8-9,14H2,1-2H3,(H4,31,32,33,35). The number of carbonyl (C=O) groups excluding carboxylic acids is 1. The van der Waals surface area contributed by atoms with E-state index in [4.69, 9.17) is 26.0 Å². The molecular formula is C30H34N6O3. The highest BCUT2D eigenvalue weighted by Gasteiger charge is 2.32. The Kier molecular flexibility index (Phi) is 7.76. The first-order valence-corrected chi connectivity index (χ1v) is 13.2. The number of nitrogens with zero attached hydrogens (tertiary/aromatic N) is 4. The van der Waals surface area contributed by atoms with E-state index in [9.17, 15) is 4.79 Å². The van der Waals surface area contributed by atoms with Gasteiger partial charge in [0.15, 0.2) is 17.3 Å². The van der Waals surface area contributed by atoms with Crippen molar-refractivity contribution in [3.8, 4) is 11.5 Å². The van der Waals surface area contributed by atoms with Crippen LogP contribution >= 0.6 is 0 Å². The predicted molar refractivity (Wildman–Crippen MR) is 152 cm³/mol. The Hall–Kier alpha value is -4.40. The Morgan fingerprint density at radius 2 is 1.90 bits per heavy atom. The first-order chi connectivity index (χ1) is 19.0. The van der Waals surface area contributed by atoms with E-state index in [1.807, 2.05) is 23.4 Å². The number of benzene rings is 2. The Morgan fingerprint density at radius 3 is 2.64 bits per heavy atom. The van der Waals surface area contributed by atoms with E-state index in [0.29, 0.717) is 40.8 Å². The van der Waals surface area contributed by atoms with Gasteiger partial charge in [0, 0.05) is 30.5 Å². The van der Waals surface area contributed by atoms with Crippen molar-refractivity contribution in [3.63, 3.8) is 0 Å². The molecule has 9 heteroatoms. The van der Waals surface area contributed by atoms with Gasteiger partial charge in [0.05, 0.1) is 32.0 Å². The van der Waals surface area contributed by atoms with Gasteiger partial charge in [0.1, 0.15) is 5.82 Å². The Balaban J connectivity index is 1.46. The number of anilines is 2. The lowest BCUT2D eigenvalue weighted by atomic mass is 9.79. The molecule has 0 bridgehead atoms. The maximum Gasteiger partial charge on any atom is 0.221 e. The number of methoxy groups -OCH3 is 2. The molecule has 1 unspecified atom stereocenters. The van der Waals surface area contributed by atoms with Crippen LogP contribution in [0.25, 0.3) is 0 Å². The molecular weight excluding hydrogens is 492 g/mol. The molecule has 2 heterocycles. The molecule has 1 aliphatic heterocycles. The molecule has 2 aliphatic rings. The molecule has 5 rings (SSSR count). The van der Waals surface area contributed by atoms with E-state index in [-0.39, 0.29) is 17.8 Å². The van der Waals surface area contributed by atoms with Gasteiger partial charge in [-0.1, -0.05) is 43.5 Å². The summed E-state index contributed by atoms with van der Waals surface area (Å²) in [5.74, 6) is 1.48. The molecule has 4 N–H and O–H groups in total. The molecule has 0 saturated heterocycles. The second-order valence-corrected chi connectivity index (χ2v) is 9.97. The number of ketones is 1. The van der Waals surface area contributed by atoms with Gasteiger partial charge in [-0.05, 0) is 47.6 Å². The van der Waals surface area contributed by atoms with Crippen molar-refractivity contribution >= 4 is 23.8 Å². The smallest absolute Gasteiger partial charge is 0.221 e. The van der Waals surface area contributed by atoms with Gasteiger partial charge in [0.25, 0.3) is 0 Å². The summed E-state index contributed by atoms with van der Waals surface area (Å²) in [6, 6.07) is 12.1. The Bertz CT molecular complexity index is 1410. The molecule has 3 aromatic rings. The first-order valence-electron chi connectivity index (χ1n) is 13.2. The number of ether oxygens (including phenoxy) is 2. The van der Waals surface area contributed by atoms with E-state index in [1.54, 1.807) is 31.6 Å². The zero-order valence-electron chi connectivity index (χ0n) is 22.3. The van der Waals surface area contributed by atoms with Crippen LogP contribution in [0.2, 0.25) is 0 Å². The molecule has 39 heavy (non-hydrogen) atoms. The molecule has 0 amide bonds. The molecule has 1 aromatic heterocycles. The average molecular weight is 527 g/mol. The topological polar surface area (TPSA) is 129 Å². The van der Waals surface area contributed by atoms with E-state index in [0.717, 1.165) is 24.0 Å². The van der Waals surface area contributed by atoms with Crippen LogP contribution in [0.15, 0.2) is 60.0 Å². The SMILES string of the molecule is COc1cc(Cc2cnc(N)nc2N)cc(C(=O)C=CN2N=Cc3ccccc3C2C2CCCCC2)c1OC. The molecule has 1 fully saturated rings. The summed E-state index contributed by atoms with van der Waals surface area (Å²) in [6.07, 6.45) is 13.2. The van der Waals surface area contributed by atoms with E-state index < -0.39 is 0 Å². The maximum atomic E-state index is 13.6. The van der Waals surface area contributed by atoms with Crippen LogP contribution in [0.3, 0.4) is 0 Å². The van der Waals surface area contributed by atoms with Crippen molar-refractivity contribution in [2.24, 2.45) is 11.0 Å². The van der Waals surface area contributed by atoms with Crippen LogP contribution in [0, 0.1) is 5.92 Å². The molecule has 202 valence electrons. The normalized spacial score (nSPS) is 17.3. The Morgan fingerprint density at radius 1 is 1.10 bits per heavy atom. The highest BCUT2D eigenvalue weighted by molar-refractivity contribution is 6.07. The molecule has 2 aromatic carbocycles. The summed E-state index contributed by atoms with van der Waals surface area (Å²) >= 11 is 0. The maximum absolute atomic E-state index is 13.6. The second kappa shape index (κ2) is 11.6. The number of nitrogens with two attached hydrogens (primary N) is 2. The zero-order chi connectivity index (χ0) is 27.4. The molecule has 1 saturated carbocycles. The van der Waals surface area contributed by atoms with Gasteiger partial charge in [-0.3, -0.25) is 9.80 Å². The monoisotopic (exact) mass is 526 g/mol. The minimum absolute atomic E-state index is 0.0896. The van der Waals surface area contributed by atoms with Crippen LogP contribution in [-0.2, 0) is 6.42 Å². The summed E-state index contributed by atoms with van der Waals surface area (Å²) < 4.78 is 11.2. The highest BCUT2D eigenvalue weighted by Crippen LogP contribution is 2.41. The fourth-order valence-electron chi connectivity index (χ4n) is 5.62. The van der Waals surface area contributed by atoms with Crippen molar-refractivity contribution in [2.75, 3.05) is 25.7 Å². The first kappa shape index (κ1) is 26.2. The minimum atomic E-state index is -0.218. The predicted octanol–water partition coefficient (Wildman–Crippen LogP) is 4.92. The molecule has 0 radical (unpaired) electrons. The van der Waals surface area contributed by atoms with Gasteiger partial charge in [-0.2, -0.15) is 10.1 Å².